The van der Waals surface area contributed by atoms with Crippen LogP contribution < -0.4 is 0 Å². The van der Waals surface area contributed by atoms with Crippen LogP contribution in [0.25, 0.3) is 6.08 Å². The van der Waals surface area contributed by atoms with Crippen molar-refractivity contribution in [1.29, 1.82) is 0 Å². The van der Waals surface area contributed by atoms with Crippen LogP contribution >= 0.6 is 0 Å². The third-order valence-corrected chi connectivity index (χ3v) is 5.51. The minimum Gasteiger partial charge on any atom is -0.264 e. The molecule has 2 aromatic rings. The quantitative estimate of drug-likeness (QED) is 0.703. The molecule has 0 N–H and O–H groups in total. The molecule has 0 aliphatic rings. The van der Waals surface area contributed by atoms with E-state index in [0.717, 1.165) is 16.7 Å². The van der Waals surface area contributed by atoms with Crippen molar-refractivity contribution in [1.82, 2.24) is 9.29 Å². The Bertz CT molecular complexity index is 835. The highest BCUT2D eigenvalue weighted by Gasteiger charge is 2.22. The lowest BCUT2D eigenvalue weighted by atomic mass is 10.2. The van der Waals surface area contributed by atoms with E-state index in [1.807, 2.05) is 63.3 Å². The molecule has 0 aliphatic carbocycles. The summed E-state index contributed by atoms with van der Waals surface area (Å²) in [6, 6.07) is 10.7. The first-order chi connectivity index (χ1) is 11.9. The maximum Gasteiger partial charge on any atom is 0.243 e. The summed E-state index contributed by atoms with van der Waals surface area (Å²) in [5, 5.41) is 0. The predicted molar refractivity (Wildman–Crippen MR) is 103 cm³/mol. The third kappa shape index (κ3) is 5.66. The van der Waals surface area contributed by atoms with E-state index in [1.165, 1.54) is 4.31 Å². The van der Waals surface area contributed by atoms with Crippen molar-refractivity contribution >= 4 is 16.1 Å². The molecule has 1 aromatic carbocycles. The summed E-state index contributed by atoms with van der Waals surface area (Å²) in [5.41, 5.74) is 3.06. The van der Waals surface area contributed by atoms with Gasteiger partial charge in [-0.2, -0.15) is 4.31 Å². The zero-order chi connectivity index (χ0) is 18.3. The molecule has 1 heterocycles. The van der Waals surface area contributed by atoms with E-state index in [9.17, 15) is 8.42 Å². The molecule has 0 fully saturated rings. The summed E-state index contributed by atoms with van der Waals surface area (Å²) < 4.78 is 27.4. The van der Waals surface area contributed by atoms with Crippen LogP contribution in [0.15, 0.2) is 71.4 Å². The standard InChI is InChI=1S/C20H24N2O2S/c1-17(2)12-15-22(14-5-7-19-6-4-13-21-16-19)25(23,24)20-10-8-18(3)9-11-20/h4-13,16H,14-15H2,1-3H3/b7-5+. The first-order valence-corrected chi connectivity index (χ1v) is 9.60. The molecule has 0 saturated carbocycles. The summed E-state index contributed by atoms with van der Waals surface area (Å²) in [4.78, 5) is 4.37. The van der Waals surface area contributed by atoms with Gasteiger partial charge in [0.2, 0.25) is 10.0 Å². The lowest BCUT2D eigenvalue weighted by Crippen LogP contribution is -2.31. The van der Waals surface area contributed by atoms with Crippen LogP contribution in [-0.4, -0.2) is 30.8 Å². The molecule has 2 rings (SSSR count). The van der Waals surface area contributed by atoms with E-state index in [2.05, 4.69) is 4.98 Å². The molecule has 25 heavy (non-hydrogen) atoms. The summed E-state index contributed by atoms with van der Waals surface area (Å²) in [6.45, 7) is 6.50. The first-order valence-electron chi connectivity index (χ1n) is 8.16. The Hall–Kier alpha value is -2.24. The maximum absolute atomic E-state index is 12.9. The molecule has 0 amide bonds. The minimum atomic E-state index is -3.55. The number of aromatic nitrogens is 1. The monoisotopic (exact) mass is 356 g/mol. The van der Waals surface area contributed by atoms with Crippen LogP contribution in [0, 0.1) is 6.92 Å². The molecule has 0 unspecified atom stereocenters. The minimum absolute atomic E-state index is 0.300. The van der Waals surface area contributed by atoms with Crippen molar-refractivity contribution in [2.45, 2.75) is 25.7 Å². The van der Waals surface area contributed by atoms with Crippen LogP contribution in [0.1, 0.15) is 25.0 Å². The van der Waals surface area contributed by atoms with Gasteiger partial charge in [0.1, 0.15) is 0 Å². The molecule has 0 aliphatic heterocycles. The average molecular weight is 356 g/mol. The third-order valence-electron chi connectivity index (χ3n) is 3.67. The molecule has 0 spiro atoms. The van der Waals surface area contributed by atoms with Crippen LogP contribution in [-0.2, 0) is 10.0 Å². The van der Waals surface area contributed by atoms with Crippen molar-refractivity contribution in [2.24, 2.45) is 0 Å². The van der Waals surface area contributed by atoms with Gasteiger partial charge in [0.25, 0.3) is 0 Å². The van der Waals surface area contributed by atoms with Crippen LogP contribution in [0.2, 0.25) is 0 Å². The van der Waals surface area contributed by atoms with Crippen LogP contribution in [0.5, 0.6) is 0 Å². The van der Waals surface area contributed by atoms with Gasteiger partial charge in [-0.1, -0.05) is 47.6 Å². The molecule has 1 aromatic heterocycles. The average Bonchev–Trinajstić information content (AvgIpc) is 2.58. The molecular formula is C20H24N2O2S. The largest absolute Gasteiger partial charge is 0.264 e. The zero-order valence-electron chi connectivity index (χ0n) is 14.9. The molecule has 0 bridgehead atoms. The van der Waals surface area contributed by atoms with Crippen molar-refractivity contribution in [2.75, 3.05) is 13.1 Å². The van der Waals surface area contributed by atoms with E-state index >= 15 is 0 Å². The maximum atomic E-state index is 12.9. The topological polar surface area (TPSA) is 50.3 Å². The summed E-state index contributed by atoms with van der Waals surface area (Å²) in [6.07, 6.45) is 9.10. The number of hydrogen-bond acceptors (Lipinski definition) is 3. The van der Waals surface area contributed by atoms with Gasteiger partial charge in [-0.3, -0.25) is 4.98 Å². The summed E-state index contributed by atoms with van der Waals surface area (Å²) in [5.74, 6) is 0. The normalized spacial score (nSPS) is 11.8. The molecule has 4 nitrogen and oxygen atoms in total. The Morgan fingerprint density at radius 3 is 2.44 bits per heavy atom. The zero-order valence-corrected chi connectivity index (χ0v) is 15.7. The van der Waals surface area contributed by atoms with Crippen LogP contribution in [0.3, 0.4) is 0 Å². The fourth-order valence-electron chi connectivity index (χ4n) is 2.20. The van der Waals surface area contributed by atoms with Gasteiger partial charge in [0.05, 0.1) is 4.90 Å². The summed E-state index contributed by atoms with van der Waals surface area (Å²) >= 11 is 0. The number of aryl methyl sites for hydroxylation is 1. The second-order valence-corrected chi connectivity index (χ2v) is 8.04. The second-order valence-electron chi connectivity index (χ2n) is 6.11. The number of allylic oxidation sites excluding steroid dienone is 1. The van der Waals surface area contributed by atoms with Gasteiger partial charge in [-0.15, -0.1) is 0 Å². The molecule has 0 atom stereocenters. The van der Waals surface area contributed by atoms with Gasteiger partial charge < -0.3 is 0 Å². The Morgan fingerprint density at radius 1 is 1.12 bits per heavy atom. The smallest absolute Gasteiger partial charge is 0.243 e. The number of nitrogens with zero attached hydrogens (tertiary/aromatic N) is 2. The Kier molecular flexibility index (Phi) is 6.67. The highest BCUT2D eigenvalue weighted by molar-refractivity contribution is 7.89. The first kappa shape index (κ1) is 19.1. The Morgan fingerprint density at radius 2 is 1.84 bits per heavy atom. The van der Waals surface area contributed by atoms with Crippen molar-refractivity contribution in [3.63, 3.8) is 0 Å². The highest BCUT2D eigenvalue weighted by Crippen LogP contribution is 2.17. The molecule has 0 saturated heterocycles. The van der Waals surface area contributed by atoms with Crippen molar-refractivity contribution in [3.05, 3.63) is 77.6 Å². The number of rotatable bonds is 7. The fraction of sp³-hybridized carbons (Fsp3) is 0.250. The number of sulfonamides is 1. The Balaban J connectivity index is 2.24. The van der Waals surface area contributed by atoms with E-state index in [-0.39, 0.29) is 0 Å². The molecular weight excluding hydrogens is 332 g/mol. The van der Waals surface area contributed by atoms with E-state index in [1.54, 1.807) is 24.5 Å². The van der Waals surface area contributed by atoms with Gasteiger partial charge >= 0.3 is 0 Å². The van der Waals surface area contributed by atoms with Gasteiger partial charge in [0, 0.05) is 25.5 Å². The van der Waals surface area contributed by atoms with Crippen LogP contribution in [0.4, 0.5) is 0 Å². The highest BCUT2D eigenvalue weighted by atomic mass is 32.2. The van der Waals surface area contributed by atoms with E-state index < -0.39 is 10.0 Å². The molecule has 0 radical (unpaired) electrons. The lowest BCUT2D eigenvalue weighted by Gasteiger charge is -2.19. The molecule has 5 heteroatoms. The summed E-state index contributed by atoms with van der Waals surface area (Å²) in [7, 11) is -3.55. The van der Waals surface area contributed by atoms with Gasteiger partial charge in [-0.25, -0.2) is 8.42 Å². The Labute approximate surface area is 150 Å². The number of hydrogen-bond donors (Lipinski definition) is 0. The van der Waals surface area contributed by atoms with E-state index in [4.69, 9.17) is 0 Å². The van der Waals surface area contributed by atoms with Crippen molar-refractivity contribution < 1.29 is 8.42 Å². The predicted octanol–water partition coefficient (Wildman–Crippen LogP) is 4.06. The van der Waals surface area contributed by atoms with Gasteiger partial charge in [0.15, 0.2) is 0 Å². The number of pyridine rings is 1. The van der Waals surface area contributed by atoms with Gasteiger partial charge in [-0.05, 0) is 44.5 Å². The second kappa shape index (κ2) is 8.74. The van der Waals surface area contributed by atoms with E-state index in [0.29, 0.717) is 18.0 Å². The molecule has 132 valence electrons. The lowest BCUT2D eigenvalue weighted by molar-refractivity contribution is 0.473. The number of benzene rings is 1. The SMILES string of the molecule is CC(C)=CCN(C/C=C/c1cccnc1)S(=O)(=O)c1ccc(C)cc1. The fourth-order valence-corrected chi connectivity index (χ4v) is 3.53. The van der Waals surface area contributed by atoms with Crippen molar-refractivity contribution in [3.8, 4) is 0 Å².